The highest BCUT2D eigenvalue weighted by atomic mass is 16.5. The molecule has 3 aromatic carbocycles. The number of ether oxygens (including phenoxy) is 1. The van der Waals surface area contributed by atoms with Crippen LogP contribution >= 0.6 is 0 Å². The molecule has 0 bridgehead atoms. The Morgan fingerprint density at radius 1 is 1.03 bits per heavy atom. The van der Waals surface area contributed by atoms with Crippen molar-refractivity contribution in [2.75, 3.05) is 5.32 Å². The predicted octanol–water partition coefficient (Wildman–Crippen LogP) is 4.50. The van der Waals surface area contributed by atoms with E-state index in [-0.39, 0.29) is 17.7 Å². The predicted molar refractivity (Wildman–Crippen MR) is 137 cm³/mol. The Hall–Kier alpha value is -4.59. The molecule has 0 spiro atoms. The third-order valence-electron chi connectivity index (χ3n) is 6.35. The van der Waals surface area contributed by atoms with Gasteiger partial charge in [-0.05, 0) is 42.8 Å². The monoisotopic (exact) mass is 483 g/mol. The summed E-state index contributed by atoms with van der Waals surface area (Å²) in [7, 11) is 1.74. The number of nitrogens with zero attached hydrogens (tertiary/aromatic N) is 2. The molecule has 8 heteroatoms. The molecule has 0 aliphatic heterocycles. The van der Waals surface area contributed by atoms with Gasteiger partial charge in [-0.3, -0.25) is 19.1 Å². The van der Waals surface area contributed by atoms with Gasteiger partial charge >= 0.3 is 5.97 Å². The first-order valence-corrected chi connectivity index (χ1v) is 11.6. The minimum atomic E-state index is -1.10. The van der Waals surface area contributed by atoms with Crippen LogP contribution in [0.4, 0.5) is 5.69 Å². The molecule has 1 N–H and O–H groups in total. The SMILES string of the molecule is Cc1c(NC(=O)C(C)OC(=O)Cc2coc3ccc4ccccc4c23)c(=O)n(-c2ccccc2)n1C. The van der Waals surface area contributed by atoms with Gasteiger partial charge in [-0.1, -0.05) is 48.5 Å². The second-order valence-electron chi connectivity index (χ2n) is 8.66. The molecule has 5 rings (SSSR count). The van der Waals surface area contributed by atoms with E-state index in [9.17, 15) is 14.4 Å². The largest absolute Gasteiger partial charge is 0.464 e. The van der Waals surface area contributed by atoms with Gasteiger partial charge < -0.3 is 14.5 Å². The van der Waals surface area contributed by atoms with Crippen molar-refractivity contribution >= 4 is 39.3 Å². The lowest BCUT2D eigenvalue weighted by Gasteiger charge is -2.13. The van der Waals surface area contributed by atoms with Gasteiger partial charge in [0.15, 0.2) is 6.10 Å². The Morgan fingerprint density at radius 3 is 2.53 bits per heavy atom. The zero-order chi connectivity index (χ0) is 25.4. The smallest absolute Gasteiger partial charge is 0.311 e. The Morgan fingerprint density at radius 2 is 1.75 bits per heavy atom. The molecule has 5 aromatic rings. The molecule has 0 aliphatic rings. The molecule has 0 radical (unpaired) electrons. The molecule has 0 saturated heterocycles. The number of aromatic nitrogens is 2. The van der Waals surface area contributed by atoms with Gasteiger partial charge in [0.2, 0.25) is 0 Å². The van der Waals surface area contributed by atoms with Crippen molar-refractivity contribution < 1.29 is 18.7 Å². The van der Waals surface area contributed by atoms with Gasteiger partial charge in [0.25, 0.3) is 11.5 Å². The van der Waals surface area contributed by atoms with Crippen LogP contribution in [0.25, 0.3) is 27.4 Å². The summed E-state index contributed by atoms with van der Waals surface area (Å²) in [4.78, 5) is 38.6. The molecule has 2 aromatic heterocycles. The average molecular weight is 484 g/mol. The lowest BCUT2D eigenvalue weighted by molar-refractivity contribution is -0.152. The highest BCUT2D eigenvalue weighted by molar-refractivity contribution is 6.08. The number of rotatable bonds is 6. The minimum Gasteiger partial charge on any atom is -0.464 e. The number of anilines is 1. The van der Waals surface area contributed by atoms with Crippen molar-refractivity contribution in [2.45, 2.75) is 26.4 Å². The molecule has 1 atom stereocenters. The van der Waals surface area contributed by atoms with Crippen molar-refractivity contribution in [3.8, 4) is 5.69 Å². The van der Waals surface area contributed by atoms with E-state index in [0.29, 0.717) is 22.5 Å². The van der Waals surface area contributed by atoms with Crippen LogP contribution in [-0.2, 0) is 27.8 Å². The maximum absolute atomic E-state index is 13.0. The standard InChI is InChI=1S/C28H25N3O5/c1-17-26(28(34)31(30(17)3)21-10-5-4-6-11-21)29-27(33)18(2)36-24(32)15-20-16-35-23-14-13-19-9-7-8-12-22(19)25(20)23/h4-14,16,18H,15H2,1-3H3,(H,29,33). The number of amides is 1. The molecule has 0 saturated carbocycles. The van der Waals surface area contributed by atoms with Gasteiger partial charge in [-0.2, -0.15) is 0 Å². The number of carbonyl (C=O) groups excluding carboxylic acids is 2. The number of esters is 1. The summed E-state index contributed by atoms with van der Waals surface area (Å²) in [5.41, 5.74) is 2.38. The van der Waals surface area contributed by atoms with Crippen LogP contribution in [0.2, 0.25) is 0 Å². The number of benzene rings is 3. The fourth-order valence-corrected chi connectivity index (χ4v) is 4.39. The van der Waals surface area contributed by atoms with E-state index in [2.05, 4.69) is 5.32 Å². The lowest BCUT2D eigenvalue weighted by Crippen LogP contribution is -2.32. The molecule has 1 amide bonds. The second kappa shape index (κ2) is 9.22. The van der Waals surface area contributed by atoms with Crippen LogP contribution < -0.4 is 10.9 Å². The van der Waals surface area contributed by atoms with Crippen LogP contribution in [0.3, 0.4) is 0 Å². The van der Waals surface area contributed by atoms with Gasteiger partial charge in [-0.15, -0.1) is 0 Å². The van der Waals surface area contributed by atoms with Gasteiger partial charge in [0, 0.05) is 18.0 Å². The van der Waals surface area contributed by atoms with Gasteiger partial charge in [0.1, 0.15) is 11.3 Å². The summed E-state index contributed by atoms with van der Waals surface area (Å²) in [6.45, 7) is 3.21. The normalized spacial score (nSPS) is 12.1. The van der Waals surface area contributed by atoms with Crippen molar-refractivity contribution in [1.82, 2.24) is 9.36 Å². The second-order valence-corrected chi connectivity index (χ2v) is 8.66. The first-order chi connectivity index (χ1) is 17.3. The fraction of sp³-hybridized carbons (Fsp3) is 0.179. The van der Waals surface area contributed by atoms with E-state index in [1.807, 2.05) is 54.6 Å². The third kappa shape index (κ3) is 4.07. The Kier molecular flexibility index (Phi) is 5.93. The van der Waals surface area contributed by atoms with E-state index in [4.69, 9.17) is 9.15 Å². The summed E-state index contributed by atoms with van der Waals surface area (Å²) < 4.78 is 14.2. The number of carbonyl (C=O) groups is 2. The first kappa shape index (κ1) is 23.2. The van der Waals surface area contributed by atoms with Crippen molar-refractivity contribution in [2.24, 2.45) is 7.05 Å². The molecule has 0 aliphatic carbocycles. The van der Waals surface area contributed by atoms with E-state index in [1.54, 1.807) is 37.0 Å². The number of furan rings is 1. The van der Waals surface area contributed by atoms with Crippen molar-refractivity contribution in [3.05, 3.63) is 94.6 Å². The van der Waals surface area contributed by atoms with E-state index in [0.717, 1.165) is 16.2 Å². The Balaban J connectivity index is 1.31. The Bertz CT molecular complexity index is 1660. The molecule has 0 fully saturated rings. The van der Waals surface area contributed by atoms with Crippen LogP contribution in [0, 0.1) is 6.92 Å². The van der Waals surface area contributed by atoms with Crippen molar-refractivity contribution in [3.63, 3.8) is 0 Å². The highest BCUT2D eigenvalue weighted by Gasteiger charge is 2.24. The number of nitrogens with one attached hydrogen (secondary N) is 1. The van der Waals surface area contributed by atoms with Crippen LogP contribution in [0.15, 0.2) is 82.2 Å². The quantitative estimate of drug-likeness (QED) is 0.359. The number of hydrogen-bond acceptors (Lipinski definition) is 5. The minimum absolute atomic E-state index is 0.0518. The van der Waals surface area contributed by atoms with Crippen molar-refractivity contribution in [1.29, 1.82) is 0 Å². The zero-order valence-electron chi connectivity index (χ0n) is 20.1. The zero-order valence-corrected chi connectivity index (χ0v) is 20.1. The summed E-state index contributed by atoms with van der Waals surface area (Å²) in [6.07, 6.45) is 0.392. The number of fused-ring (bicyclic) bond motifs is 3. The maximum Gasteiger partial charge on any atom is 0.311 e. The Labute approximate surface area is 206 Å². The first-order valence-electron chi connectivity index (χ1n) is 11.6. The third-order valence-corrected chi connectivity index (χ3v) is 6.35. The van der Waals surface area contributed by atoms with Gasteiger partial charge in [-0.25, -0.2) is 4.68 Å². The topological polar surface area (TPSA) is 95.5 Å². The maximum atomic E-state index is 13.0. The molecule has 1 unspecified atom stereocenters. The summed E-state index contributed by atoms with van der Waals surface area (Å²) in [6, 6.07) is 20.8. The van der Waals surface area contributed by atoms with Crippen LogP contribution in [0.5, 0.6) is 0 Å². The molecular weight excluding hydrogens is 458 g/mol. The lowest BCUT2D eigenvalue weighted by atomic mass is 10.0. The fourth-order valence-electron chi connectivity index (χ4n) is 4.39. The molecule has 182 valence electrons. The molecule has 8 nitrogen and oxygen atoms in total. The van der Waals surface area contributed by atoms with Gasteiger partial charge in [0.05, 0.1) is 24.1 Å². The summed E-state index contributed by atoms with van der Waals surface area (Å²) in [5, 5.41) is 5.50. The number of hydrogen-bond donors (Lipinski definition) is 1. The average Bonchev–Trinajstić information content (AvgIpc) is 3.38. The van der Waals surface area contributed by atoms with E-state index >= 15 is 0 Å². The molecular formula is C28H25N3O5. The van der Waals surface area contributed by atoms with Crippen LogP contribution in [0.1, 0.15) is 18.2 Å². The molecule has 36 heavy (non-hydrogen) atoms. The number of para-hydroxylation sites is 1. The van der Waals surface area contributed by atoms with E-state index < -0.39 is 18.0 Å². The summed E-state index contributed by atoms with van der Waals surface area (Å²) in [5.74, 6) is -1.16. The molecule has 2 heterocycles. The highest BCUT2D eigenvalue weighted by Crippen LogP contribution is 2.30. The van der Waals surface area contributed by atoms with Crippen LogP contribution in [-0.4, -0.2) is 27.3 Å². The van der Waals surface area contributed by atoms with E-state index in [1.165, 1.54) is 11.6 Å². The summed E-state index contributed by atoms with van der Waals surface area (Å²) >= 11 is 0.